The number of likely N-dealkylation sites (tertiary alicyclic amines) is 1. The summed E-state index contributed by atoms with van der Waals surface area (Å²) >= 11 is 1.69. The van der Waals surface area contributed by atoms with E-state index in [4.69, 9.17) is 4.74 Å². The van der Waals surface area contributed by atoms with Gasteiger partial charge in [0, 0.05) is 21.7 Å². The predicted molar refractivity (Wildman–Crippen MR) is 158 cm³/mol. The van der Waals surface area contributed by atoms with Crippen molar-refractivity contribution in [1.29, 1.82) is 0 Å². The fourth-order valence-electron chi connectivity index (χ4n) is 5.57. The number of benzene rings is 3. The summed E-state index contributed by atoms with van der Waals surface area (Å²) in [5.74, 6) is 1.43. The Bertz CT molecular complexity index is 1320. The SMILES string of the molecule is CCN(CC)C(c1ccc(OCCN2CCCCC2)cc1)c1c(-c2ccc(O)cc2)sc2cc(O)ccc12. The molecule has 4 aromatic rings. The molecular weight excluding hydrogens is 492 g/mol. The van der Waals surface area contributed by atoms with Crippen LogP contribution in [0.4, 0.5) is 0 Å². The van der Waals surface area contributed by atoms with Crippen LogP contribution in [0.5, 0.6) is 17.2 Å². The van der Waals surface area contributed by atoms with Crippen molar-refractivity contribution in [2.75, 3.05) is 39.3 Å². The van der Waals surface area contributed by atoms with E-state index in [0.717, 1.165) is 45.9 Å². The monoisotopic (exact) mass is 530 g/mol. The first-order valence-corrected chi connectivity index (χ1v) is 14.6. The Kier molecular flexibility index (Phi) is 8.52. The molecule has 0 aliphatic carbocycles. The largest absolute Gasteiger partial charge is 0.508 e. The van der Waals surface area contributed by atoms with Crippen molar-refractivity contribution in [2.24, 2.45) is 0 Å². The summed E-state index contributed by atoms with van der Waals surface area (Å²) in [5, 5.41) is 21.3. The van der Waals surface area contributed by atoms with Gasteiger partial charge in [0.2, 0.25) is 0 Å². The molecule has 5 rings (SSSR count). The van der Waals surface area contributed by atoms with Gasteiger partial charge in [-0.1, -0.05) is 32.4 Å². The lowest BCUT2D eigenvalue weighted by Gasteiger charge is -2.31. The van der Waals surface area contributed by atoms with Crippen LogP contribution in [-0.2, 0) is 0 Å². The number of phenolic OH excluding ortho intramolecular Hbond substituents is 2. The first-order valence-electron chi connectivity index (χ1n) is 13.8. The highest BCUT2D eigenvalue weighted by atomic mass is 32.1. The molecule has 1 aliphatic rings. The summed E-state index contributed by atoms with van der Waals surface area (Å²) < 4.78 is 7.18. The molecule has 1 atom stereocenters. The van der Waals surface area contributed by atoms with E-state index in [2.05, 4.69) is 47.9 Å². The summed E-state index contributed by atoms with van der Waals surface area (Å²) in [6.07, 6.45) is 3.94. The van der Waals surface area contributed by atoms with Crippen molar-refractivity contribution < 1.29 is 14.9 Å². The first-order chi connectivity index (χ1) is 18.6. The second-order valence-electron chi connectivity index (χ2n) is 10.0. The fourth-order valence-corrected chi connectivity index (χ4v) is 6.85. The maximum atomic E-state index is 10.2. The number of hydrogen-bond donors (Lipinski definition) is 2. The average molecular weight is 531 g/mol. The Morgan fingerprint density at radius 1 is 0.868 bits per heavy atom. The number of ether oxygens (including phenoxy) is 1. The Hall–Kier alpha value is -3.06. The van der Waals surface area contributed by atoms with Crippen molar-refractivity contribution in [3.63, 3.8) is 0 Å². The van der Waals surface area contributed by atoms with E-state index in [1.807, 2.05) is 24.3 Å². The van der Waals surface area contributed by atoms with Gasteiger partial charge in [-0.25, -0.2) is 0 Å². The summed E-state index contributed by atoms with van der Waals surface area (Å²) in [4.78, 5) is 6.13. The lowest BCUT2D eigenvalue weighted by molar-refractivity contribution is 0.183. The van der Waals surface area contributed by atoms with E-state index in [1.54, 1.807) is 29.5 Å². The number of fused-ring (bicyclic) bond motifs is 1. The van der Waals surface area contributed by atoms with Crippen LogP contribution in [-0.4, -0.2) is 59.3 Å². The molecule has 1 unspecified atom stereocenters. The second-order valence-corrected chi connectivity index (χ2v) is 11.1. The van der Waals surface area contributed by atoms with Gasteiger partial charge in [-0.05, 0) is 110 Å². The van der Waals surface area contributed by atoms with Gasteiger partial charge < -0.3 is 14.9 Å². The van der Waals surface area contributed by atoms with E-state index in [9.17, 15) is 10.2 Å². The summed E-state index contributed by atoms with van der Waals surface area (Å²) in [7, 11) is 0. The van der Waals surface area contributed by atoms with Crippen LogP contribution in [0.3, 0.4) is 0 Å². The van der Waals surface area contributed by atoms with Crippen LogP contribution in [0.1, 0.15) is 50.3 Å². The molecule has 1 aromatic heterocycles. The number of phenols is 2. The third-order valence-corrected chi connectivity index (χ3v) is 8.83. The third kappa shape index (κ3) is 5.83. The normalized spacial score (nSPS) is 15.2. The molecule has 3 aromatic carbocycles. The minimum Gasteiger partial charge on any atom is -0.508 e. The molecule has 1 saturated heterocycles. The standard InChI is InChI=1S/C32H38N2O3S/c1-3-34(4-2)31(23-10-15-27(16-11-23)37-21-20-33-18-6-5-7-19-33)30-28-17-14-26(36)22-29(28)38-32(30)24-8-12-25(35)13-9-24/h8-17,22,31,35-36H,3-7,18-21H2,1-2H3. The average Bonchev–Trinajstić information content (AvgIpc) is 3.31. The minimum atomic E-state index is 0.0366. The fraction of sp³-hybridized carbons (Fsp3) is 0.375. The quantitative estimate of drug-likeness (QED) is 0.226. The highest BCUT2D eigenvalue weighted by Gasteiger charge is 2.28. The lowest BCUT2D eigenvalue weighted by atomic mass is 9.92. The molecule has 6 heteroatoms. The molecule has 0 radical (unpaired) electrons. The Balaban J connectivity index is 1.50. The van der Waals surface area contributed by atoms with Gasteiger partial charge in [0.25, 0.3) is 0 Å². The van der Waals surface area contributed by atoms with Crippen molar-refractivity contribution in [3.8, 4) is 27.7 Å². The van der Waals surface area contributed by atoms with Gasteiger partial charge in [-0.15, -0.1) is 11.3 Å². The van der Waals surface area contributed by atoms with Crippen LogP contribution in [0.2, 0.25) is 0 Å². The number of hydrogen-bond acceptors (Lipinski definition) is 6. The third-order valence-electron chi connectivity index (χ3n) is 7.61. The molecule has 2 heterocycles. The zero-order valence-electron chi connectivity index (χ0n) is 22.4. The van der Waals surface area contributed by atoms with E-state index in [-0.39, 0.29) is 17.5 Å². The summed E-state index contributed by atoms with van der Waals surface area (Å²) in [6.45, 7) is 10.3. The van der Waals surface area contributed by atoms with Gasteiger partial charge in [-0.2, -0.15) is 0 Å². The molecule has 0 spiro atoms. The topological polar surface area (TPSA) is 56.2 Å². The molecule has 200 valence electrons. The molecule has 1 fully saturated rings. The van der Waals surface area contributed by atoms with E-state index in [1.165, 1.54) is 43.5 Å². The minimum absolute atomic E-state index is 0.0366. The molecule has 0 amide bonds. The van der Waals surface area contributed by atoms with Gasteiger partial charge in [0.05, 0.1) is 6.04 Å². The van der Waals surface area contributed by atoms with Crippen LogP contribution in [0.15, 0.2) is 66.7 Å². The molecule has 0 bridgehead atoms. The molecule has 38 heavy (non-hydrogen) atoms. The number of nitrogens with zero attached hydrogens (tertiary/aromatic N) is 2. The highest BCUT2D eigenvalue weighted by Crippen LogP contribution is 2.46. The Morgan fingerprint density at radius 2 is 1.55 bits per heavy atom. The molecule has 0 saturated carbocycles. The van der Waals surface area contributed by atoms with Gasteiger partial charge in [-0.3, -0.25) is 9.80 Å². The van der Waals surface area contributed by atoms with E-state index >= 15 is 0 Å². The highest BCUT2D eigenvalue weighted by molar-refractivity contribution is 7.22. The first kappa shape index (κ1) is 26.5. The van der Waals surface area contributed by atoms with Gasteiger partial charge >= 0.3 is 0 Å². The number of thiophene rings is 1. The Morgan fingerprint density at radius 3 is 2.24 bits per heavy atom. The zero-order chi connectivity index (χ0) is 26.5. The number of aromatic hydroxyl groups is 2. The van der Waals surface area contributed by atoms with Crippen molar-refractivity contribution in [1.82, 2.24) is 9.80 Å². The summed E-state index contributed by atoms with van der Waals surface area (Å²) in [5.41, 5.74) is 3.51. The molecule has 1 aliphatic heterocycles. The number of piperidine rings is 1. The molecule has 2 N–H and O–H groups in total. The predicted octanol–water partition coefficient (Wildman–Crippen LogP) is 7.28. The van der Waals surface area contributed by atoms with Crippen LogP contribution >= 0.6 is 11.3 Å². The number of rotatable bonds is 10. The van der Waals surface area contributed by atoms with E-state index in [0.29, 0.717) is 6.61 Å². The van der Waals surface area contributed by atoms with Gasteiger partial charge in [0.15, 0.2) is 0 Å². The lowest BCUT2D eigenvalue weighted by Crippen LogP contribution is -2.33. The van der Waals surface area contributed by atoms with Gasteiger partial charge in [0.1, 0.15) is 23.9 Å². The maximum Gasteiger partial charge on any atom is 0.119 e. The Labute approximate surface area is 229 Å². The van der Waals surface area contributed by atoms with Crippen molar-refractivity contribution in [3.05, 3.63) is 77.9 Å². The van der Waals surface area contributed by atoms with Crippen LogP contribution in [0, 0.1) is 0 Å². The van der Waals surface area contributed by atoms with E-state index < -0.39 is 0 Å². The maximum absolute atomic E-state index is 10.2. The van der Waals surface area contributed by atoms with Crippen LogP contribution in [0.25, 0.3) is 20.5 Å². The molecule has 5 nitrogen and oxygen atoms in total. The summed E-state index contributed by atoms with van der Waals surface area (Å²) in [6, 6.07) is 21.7. The second kappa shape index (κ2) is 12.2. The van der Waals surface area contributed by atoms with Crippen molar-refractivity contribution in [2.45, 2.75) is 39.2 Å². The molecular formula is C32H38N2O3S. The smallest absolute Gasteiger partial charge is 0.119 e. The van der Waals surface area contributed by atoms with Crippen molar-refractivity contribution >= 4 is 21.4 Å². The van der Waals surface area contributed by atoms with Crippen LogP contribution < -0.4 is 4.74 Å². The zero-order valence-corrected chi connectivity index (χ0v) is 23.2.